The van der Waals surface area contributed by atoms with Crippen molar-refractivity contribution >= 4 is 15.9 Å². The zero-order valence-electron chi connectivity index (χ0n) is 6.99. The Hall–Kier alpha value is -0.850. The van der Waals surface area contributed by atoms with E-state index in [1.54, 1.807) is 0 Å². The van der Waals surface area contributed by atoms with E-state index in [1.807, 2.05) is 0 Å². The number of ether oxygens (including phenoxy) is 1. The molecule has 0 aliphatic carbocycles. The third kappa shape index (κ3) is 4.03. The number of halogens is 6. The van der Waals surface area contributed by atoms with Crippen LogP contribution in [-0.2, 0) is 0 Å². The second-order valence-corrected chi connectivity index (χ2v) is 3.48. The Balaban J connectivity index is 2.99. The first kappa shape index (κ1) is 12.2. The quantitative estimate of drug-likeness (QED) is 0.739. The lowest BCUT2D eigenvalue weighted by Gasteiger charge is -2.10. The van der Waals surface area contributed by atoms with Gasteiger partial charge in [0.2, 0.25) is 0 Å². The Morgan fingerprint density at radius 3 is 2.20 bits per heavy atom. The van der Waals surface area contributed by atoms with Crippen LogP contribution in [0.4, 0.5) is 22.0 Å². The summed E-state index contributed by atoms with van der Waals surface area (Å²) in [5, 5.41) is 0. The Morgan fingerprint density at radius 2 is 1.73 bits per heavy atom. The summed E-state index contributed by atoms with van der Waals surface area (Å²) in [6, 6.07) is 2.62. The van der Waals surface area contributed by atoms with Crippen LogP contribution < -0.4 is 4.74 Å². The van der Waals surface area contributed by atoms with Gasteiger partial charge in [-0.25, -0.2) is 8.78 Å². The van der Waals surface area contributed by atoms with Crippen molar-refractivity contribution in [2.75, 3.05) is 0 Å². The van der Waals surface area contributed by atoms with E-state index < -0.39 is 24.1 Å². The Bertz CT molecular complexity index is 349. The lowest BCUT2D eigenvalue weighted by Crippen LogP contribution is -2.17. The highest BCUT2D eigenvalue weighted by atomic mass is 79.9. The summed E-state index contributed by atoms with van der Waals surface area (Å²) >= 11 is 2.81. The van der Waals surface area contributed by atoms with Crippen molar-refractivity contribution in [3.8, 4) is 5.75 Å². The number of rotatable bonds is 2. The molecule has 1 rings (SSSR count). The van der Waals surface area contributed by atoms with Crippen LogP contribution in [-0.4, -0.2) is 6.36 Å². The van der Waals surface area contributed by atoms with Crippen molar-refractivity contribution in [3.63, 3.8) is 0 Å². The summed E-state index contributed by atoms with van der Waals surface area (Å²) in [4.78, 5) is 0. The summed E-state index contributed by atoms with van der Waals surface area (Å²) in [5.74, 6) is -0.674. The van der Waals surface area contributed by atoms with E-state index in [4.69, 9.17) is 0 Å². The molecule has 1 aromatic rings. The highest BCUT2D eigenvalue weighted by Gasteiger charge is 2.31. The fourth-order valence-corrected chi connectivity index (χ4v) is 1.39. The van der Waals surface area contributed by atoms with Crippen LogP contribution in [0.2, 0.25) is 0 Å². The summed E-state index contributed by atoms with van der Waals surface area (Å²) in [5.41, 5.74) is -0.538. The van der Waals surface area contributed by atoms with Crippen molar-refractivity contribution in [1.82, 2.24) is 0 Å². The molecular formula is C8H4BrF5O. The van der Waals surface area contributed by atoms with E-state index in [0.717, 1.165) is 12.1 Å². The van der Waals surface area contributed by atoms with Crippen LogP contribution in [0, 0.1) is 0 Å². The Labute approximate surface area is 90.0 Å². The molecule has 1 aromatic carbocycles. The van der Waals surface area contributed by atoms with Crippen molar-refractivity contribution < 1.29 is 26.7 Å². The molecule has 0 amide bonds. The Kier molecular flexibility index (Phi) is 3.54. The van der Waals surface area contributed by atoms with Gasteiger partial charge in [0, 0.05) is 10.0 Å². The second kappa shape index (κ2) is 4.34. The topological polar surface area (TPSA) is 9.23 Å². The third-order valence-electron chi connectivity index (χ3n) is 1.38. The van der Waals surface area contributed by atoms with Gasteiger partial charge < -0.3 is 4.74 Å². The predicted octanol–water partition coefficient (Wildman–Crippen LogP) is 4.29. The first-order valence-corrected chi connectivity index (χ1v) is 4.41. The Morgan fingerprint density at radius 1 is 1.13 bits per heavy atom. The smallest absolute Gasteiger partial charge is 0.406 e. The van der Waals surface area contributed by atoms with Gasteiger partial charge in [-0.05, 0) is 18.2 Å². The van der Waals surface area contributed by atoms with Crippen molar-refractivity contribution in [2.45, 2.75) is 12.8 Å². The average Bonchev–Trinajstić information content (AvgIpc) is 1.99. The molecule has 0 spiro atoms. The van der Waals surface area contributed by atoms with Crippen molar-refractivity contribution in [2.24, 2.45) is 0 Å². The number of benzene rings is 1. The summed E-state index contributed by atoms with van der Waals surface area (Å²) in [6.45, 7) is 0. The van der Waals surface area contributed by atoms with E-state index in [9.17, 15) is 22.0 Å². The number of alkyl halides is 5. The molecule has 0 N–H and O–H groups in total. The minimum atomic E-state index is -4.89. The van der Waals surface area contributed by atoms with Crippen LogP contribution in [0.5, 0.6) is 5.75 Å². The van der Waals surface area contributed by atoms with Gasteiger partial charge in [-0.15, -0.1) is 13.2 Å². The van der Waals surface area contributed by atoms with E-state index in [1.165, 1.54) is 0 Å². The molecule has 0 saturated carbocycles. The lowest BCUT2D eigenvalue weighted by atomic mass is 10.2. The maximum atomic E-state index is 12.2. The molecule has 0 fully saturated rings. The molecule has 0 aliphatic heterocycles. The highest BCUT2D eigenvalue weighted by molar-refractivity contribution is 9.10. The molecule has 15 heavy (non-hydrogen) atoms. The van der Waals surface area contributed by atoms with Crippen LogP contribution in [0.15, 0.2) is 22.7 Å². The minimum absolute atomic E-state index is 0.0968. The van der Waals surface area contributed by atoms with Gasteiger partial charge >= 0.3 is 6.36 Å². The summed E-state index contributed by atoms with van der Waals surface area (Å²) in [6.07, 6.45) is -7.74. The van der Waals surface area contributed by atoms with E-state index in [-0.39, 0.29) is 4.47 Å². The van der Waals surface area contributed by atoms with Gasteiger partial charge in [0.1, 0.15) is 5.75 Å². The standard InChI is InChI=1S/C8H4BrF5O/c9-5-1-4(7(10)11)2-6(3-5)15-8(12,13)14/h1-3,7H. The first-order chi connectivity index (χ1) is 6.78. The van der Waals surface area contributed by atoms with E-state index in [0.29, 0.717) is 6.07 Å². The van der Waals surface area contributed by atoms with Crippen LogP contribution >= 0.6 is 15.9 Å². The molecular weight excluding hydrogens is 287 g/mol. The molecule has 7 heteroatoms. The van der Waals surface area contributed by atoms with E-state index >= 15 is 0 Å². The maximum absolute atomic E-state index is 12.2. The normalized spacial score (nSPS) is 11.9. The predicted molar refractivity (Wildman–Crippen MR) is 45.8 cm³/mol. The highest BCUT2D eigenvalue weighted by Crippen LogP contribution is 2.30. The summed E-state index contributed by atoms with van der Waals surface area (Å²) in [7, 11) is 0. The first-order valence-electron chi connectivity index (χ1n) is 3.62. The molecule has 0 radical (unpaired) electrons. The monoisotopic (exact) mass is 290 g/mol. The molecule has 0 unspecified atom stereocenters. The van der Waals surface area contributed by atoms with Crippen molar-refractivity contribution in [3.05, 3.63) is 28.2 Å². The molecule has 84 valence electrons. The number of hydrogen-bond donors (Lipinski definition) is 0. The third-order valence-corrected chi connectivity index (χ3v) is 1.84. The SMILES string of the molecule is FC(F)c1cc(Br)cc(OC(F)(F)F)c1. The summed E-state index contributed by atoms with van der Waals surface area (Å²) < 4.78 is 63.4. The largest absolute Gasteiger partial charge is 0.573 e. The molecule has 0 heterocycles. The van der Waals surface area contributed by atoms with Gasteiger partial charge in [0.05, 0.1) is 0 Å². The van der Waals surface area contributed by atoms with Gasteiger partial charge in [0.25, 0.3) is 6.43 Å². The molecule has 0 aromatic heterocycles. The molecule has 0 aliphatic rings. The molecule has 1 nitrogen and oxygen atoms in total. The molecule has 0 bridgehead atoms. The molecule has 0 saturated heterocycles. The zero-order valence-corrected chi connectivity index (χ0v) is 8.57. The maximum Gasteiger partial charge on any atom is 0.573 e. The van der Waals surface area contributed by atoms with E-state index in [2.05, 4.69) is 20.7 Å². The van der Waals surface area contributed by atoms with Gasteiger partial charge in [-0.1, -0.05) is 15.9 Å². The lowest BCUT2D eigenvalue weighted by molar-refractivity contribution is -0.274. The second-order valence-electron chi connectivity index (χ2n) is 2.57. The fraction of sp³-hybridized carbons (Fsp3) is 0.250. The number of hydrogen-bond acceptors (Lipinski definition) is 1. The zero-order chi connectivity index (χ0) is 11.6. The average molecular weight is 291 g/mol. The van der Waals surface area contributed by atoms with Crippen LogP contribution in [0.1, 0.15) is 12.0 Å². The minimum Gasteiger partial charge on any atom is -0.406 e. The van der Waals surface area contributed by atoms with Crippen molar-refractivity contribution in [1.29, 1.82) is 0 Å². The van der Waals surface area contributed by atoms with Crippen LogP contribution in [0.25, 0.3) is 0 Å². The molecule has 0 atom stereocenters. The van der Waals surface area contributed by atoms with Crippen LogP contribution in [0.3, 0.4) is 0 Å². The van der Waals surface area contributed by atoms with Gasteiger partial charge in [-0.2, -0.15) is 0 Å². The fourth-order valence-electron chi connectivity index (χ4n) is 0.903. The van der Waals surface area contributed by atoms with Gasteiger partial charge in [-0.3, -0.25) is 0 Å². The van der Waals surface area contributed by atoms with Gasteiger partial charge in [0.15, 0.2) is 0 Å².